The standard InChI is InChI=1S/C6H9Br/c7-5-4-6-2-1-3-6/h4-6H,1-3H2/b5-4+. The van der Waals surface area contributed by atoms with E-state index in [1.165, 1.54) is 19.3 Å². The van der Waals surface area contributed by atoms with Gasteiger partial charge < -0.3 is 0 Å². The molecule has 0 saturated heterocycles. The van der Waals surface area contributed by atoms with Crippen LogP contribution in [-0.4, -0.2) is 0 Å². The zero-order chi connectivity index (χ0) is 5.11. The molecule has 0 heterocycles. The highest BCUT2D eigenvalue weighted by Crippen LogP contribution is 2.27. The van der Waals surface area contributed by atoms with E-state index in [1.54, 1.807) is 0 Å². The molecule has 0 bridgehead atoms. The summed E-state index contributed by atoms with van der Waals surface area (Å²) in [6.07, 6.45) is 6.47. The van der Waals surface area contributed by atoms with Crippen LogP contribution in [0.4, 0.5) is 0 Å². The van der Waals surface area contributed by atoms with Crippen molar-refractivity contribution in [3.05, 3.63) is 11.1 Å². The van der Waals surface area contributed by atoms with E-state index < -0.39 is 0 Å². The van der Waals surface area contributed by atoms with Gasteiger partial charge in [0.15, 0.2) is 0 Å². The van der Waals surface area contributed by atoms with Gasteiger partial charge in [-0.1, -0.05) is 28.4 Å². The molecule has 0 radical (unpaired) electrons. The Kier molecular flexibility index (Phi) is 1.92. The fourth-order valence-electron chi connectivity index (χ4n) is 0.735. The van der Waals surface area contributed by atoms with E-state index in [1.807, 2.05) is 4.99 Å². The predicted molar refractivity (Wildman–Crippen MR) is 35.4 cm³/mol. The summed E-state index contributed by atoms with van der Waals surface area (Å²) in [5, 5.41) is 0. The van der Waals surface area contributed by atoms with Crippen LogP contribution in [0.15, 0.2) is 11.1 Å². The highest BCUT2D eigenvalue weighted by atomic mass is 79.9. The summed E-state index contributed by atoms with van der Waals surface area (Å²) in [6.45, 7) is 0. The first-order valence-electron chi connectivity index (χ1n) is 2.70. The third-order valence-electron chi connectivity index (χ3n) is 1.49. The van der Waals surface area contributed by atoms with Crippen molar-refractivity contribution in [3.8, 4) is 0 Å². The van der Waals surface area contributed by atoms with Gasteiger partial charge in [-0.2, -0.15) is 0 Å². The normalized spacial score (nSPS) is 23.0. The van der Waals surface area contributed by atoms with Crippen molar-refractivity contribution in [2.24, 2.45) is 5.92 Å². The maximum atomic E-state index is 3.24. The molecule has 0 aliphatic heterocycles. The molecule has 1 rings (SSSR count). The fraction of sp³-hybridized carbons (Fsp3) is 0.667. The lowest BCUT2D eigenvalue weighted by molar-refractivity contribution is 0.388. The van der Waals surface area contributed by atoms with Crippen LogP contribution < -0.4 is 0 Å². The molecular formula is C6H9Br. The summed E-state index contributed by atoms with van der Waals surface area (Å²) in [6, 6.07) is 0. The van der Waals surface area contributed by atoms with E-state index in [4.69, 9.17) is 0 Å². The van der Waals surface area contributed by atoms with E-state index in [0.29, 0.717) is 0 Å². The van der Waals surface area contributed by atoms with Crippen LogP contribution in [0.2, 0.25) is 0 Å². The Labute approximate surface area is 52.7 Å². The monoisotopic (exact) mass is 160 g/mol. The molecule has 0 aromatic rings. The highest BCUT2D eigenvalue weighted by Gasteiger charge is 2.12. The van der Waals surface area contributed by atoms with Crippen LogP contribution in [0.5, 0.6) is 0 Å². The van der Waals surface area contributed by atoms with Gasteiger partial charge in [-0.15, -0.1) is 0 Å². The van der Waals surface area contributed by atoms with Crippen molar-refractivity contribution in [1.29, 1.82) is 0 Å². The third kappa shape index (κ3) is 1.30. The molecular weight excluding hydrogens is 152 g/mol. The maximum Gasteiger partial charge on any atom is -0.0225 e. The molecule has 0 amide bonds. The van der Waals surface area contributed by atoms with Gasteiger partial charge in [0.2, 0.25) is 0 Å². The van der Waals surface area contributed by atoms with Gasteiger partial charge in [-0.3, -0.25) is 0 Å². The molecule has 40 valence electrons. The SMILES string of the molecule is Br/C=C/C1CCC1. The van der Waals surface area contributed by atoms with Gasteiger partial charge in [-0.05, 0) is 23.7 Å². The molecule has 1 aliphatic rings. The van der Waals surface area contributed by atoms with Crippen molar-refractivity contribution < 1.29 is 0 Å². The van der Waals surface area contributed by atoms with Crippen LogP contribution in [0.1, 0.15) is 19.3 Å². The second-order valence-electron chi connectivity index (χ2n) is 2.01. The number of hydrogen-bond donors (Lipinski definition) is 0. The lowest BCUT2D eigenvalue weighted by atomic mass is 9.86. The maximum absolute atomic E-state index is 3.24. The summed E-state index contributed by atoms with van der Waals surface area (Å²) in [5.41, 5.74) is 0. The molecule has 7 heavy (non-hydrogen) atoms. The van der Waals surface area contributed by atoms with Crippen LogP contribution in [0.25, 0.3) is 0 Å². The molecule has 1 saturated carbocycles. The van der Waals surface area contributed by atoms with E-state index in [9.17, 15) is 0 Å². The minimum absolute atomic E-state index is 0.902. The Morgan fingerprint density at radius 1 is 1.43 bits per heavy atom. The van der Waals surface area contributed by atoms with Crippen molar-refractivity contribution in [3.63, 3.8) is 0 Å². The molecule has 0 spiro atoms. The minimum atomic E-state index is 0.902. The summed E-state index contributed by atoms with van der Waals surface area (Å²) < 4.78 is 0. The van der Waals surface area contributed by atoms with Gasteiger partial charge >= 0.3 is 0 Å². The predicted octanol–water partition coefficient (Wildman–Crippen LogP) is 2.70. The molecule has 0 unspecified atom stereocenters. The molecule has 0 aromatic heterocycles. The zero-order valence-electron chi connectivity index (χ0n) is 4.23. The average molecular weight is 161 g/mol. The summed E-state index contributed by atoms with van der Waals surface area (Å²) >= 11 is 3.24. The van der Waals surface area contributed by atoms with Gasteiger partial charge in [0.05, 0.1) is 0 Å². The van der Waals surface area contributed by atoms with Gasteiger partial charge in [0, 0.05) is 0 Å². The van der Waals surface area contributed by atoms with Gasteiger partial charge in [-0.25, -0.2) is 0 Å². The molecule has 0 aromatic carbocycles. The van der Waals surface area contributed by atoms with Gasteiger partial charge in [0.25, 0.3) is 0 Å². The Balaban J connectivity index is 2.14. The number of allylic oxidation sites excluding steroid dienone is 1. The fourth-order valence-corrected chi connectivity index (χ4v) is 1.17. The first kappa shape index (κ1) is 5.36. The number of rotatable bonds is 1. The van der Waals surface area contributed by atoms with Crippen molar-refractivity contribution in [1.82, 2.24) is 0 Å². The minimum Gasteiger partial charge on any atom is -0.0745 e. The van der Waals surface area contributed by atoms with Crippen molar-refractivity contribution in [2.75, 3.05) is 0 Å². The quantitative estimate of drug-likeness (QED) is 0.554. The van der Waals surface area contributed by atoms with Crippen LogP contribution in [0.3, 0.4) is 0 Å². The van der Waals surface area contributed by atoms with Gasteiger partial charge in [0.1, 0.15) is 0 Å². The Hall–Kier alpha value is 0.220. The Bertz CT molecular complexity index is 72.2. The molecule has 1 heteroatoms. The second-order valence-corrected chi connectivity index (χ2v) is 2.54. The van der Waals surface area contributed by atoms with E-state index >= 15 is 0 Å². The van der Waals surface area contributed by atoms with Crippen molar-refractivity contribution in [2.45, 2.75) is 19.3 Å². The first-order valence-corrected chi connectivity index (χ1v) is 3.62. The van der Waals surface area contributed by atoms with E-state index in [0.717, 1.165) is 5.92 Å². The zero-order valence-corrected chi connectivity index (χ0v) is 5.82. The first-order chi connectivity index (χ1) is 3.43. The van der Waals surface area contributed by atoms with Crippen LogP contribution in [-0.2, 0) is 0 Å². The van der Waals surface area contributed by atoms with E-state index in [2.05, 4.69) is 22.0 Å². The van der Waals surface area contributed by atoms with Crippen molar-refractivity contribution >= 4 is 15.9 Å². The molecule has 0 nitrogen and oxygen atoms in total. The number of halogens is 1. The van der Waals surface area contributed by atoms with E-state index in [-0.39, 0.29) is 0 Å². The molecule has 0 atom stereocenters. The highest BCUT2D eigenvalue weighted by molar-refractivity contribution is 9.11. The third-order valence-corrected chi connectivity index (χ3v) is 1.80. The molecule has 0 N–H and O–H groups in total. The summed E-state index contributed by atoms with van der Waals surface area (Å²) in [5.74, 6) is 0.902. The lowest BCUT2D eigenvalue weighted by Gasteiger charge is -2.20. The molecule has 1 aliphatic carbocycles. The number of hydrogen-bond acceptors (Lipinski definition) is 0. The topological polar surface area (TPSA) is 0 Å². The second kappa shape index (κ2) is 2.51. The largest absolute Gasteiger partial charge is 0.0745 e. The average Bonchev–Trinajstić information content (AvgIpc) is 1.55. The van der Waals surface area contributed by atoms with Crippen LogP contribution in [0, 0.1) is 5.92 Å². The summed E-state index contributed by atoms with van der Waals surface area (Å²) in [4.78, 5) is 1.97. The molecule has 1 fully saturated rings. The Morgan fingerprint density at radius 3 is 2.29 bits per heavy atom. The smallest absolute Gasteiger partial charge is 0.0225 e. The lowest BCUT2D eigenvalue weighted by Crippen LogP contribution is -2.06. The Morgan fingerprint density at radius 2 is 2.14 bits per heavy atom. The summed E-state index contributed by atoms with van der Waals surface area (Å²) in [7, 11) is 0. The van der Waals surface area contributed by atoms with Crippen LogP contribution >= 0.6 is 15.9 Å².